The summed E-state index contributed by atoms with van der Waals surface area (Å²) in [4.78, 5) is 0. The Morgan fingerprint density at radius 3 is 2.90 bits per heavy atom. The summed E-state index contributed by atoms with van der Waals surface area (Å²) in [5.41, 5.74) is 1.59. The molecule has 0 saturated heterocycles. The van der Waals surface area contributed by atoms with E-state index < -0.39 is 0 Å². The summed E-state index contributed by atoms with van der Waals surface area (Å²) in [7, 11) is 0. The summed E-state index contributed by atoms with van der Waals surface area (Å²) in [5.74, 6) is 0.735. The molecule has 1 aliphatic rings. The molecule has 0 fully saturated rings. The summed E-state index contributed by atoms with van der Waals surface area (Å²) in [6, 6.07) is 0. The molecule has 0 heterocycles. The van der Waals surface area contributed by atoms with Crippen LogP contribution in [0.15, 0.2) is 11.6 Å². The third-order valence-corrected chi connectivity index (χ3v) is 3.77. The Hall–Kier alpha value is -0.380. The second-order valence-electron chi connectivity index (χ2n) is 6.33. The van der Waals surface area contributed by atoms with Gasteiger partial charge in [0.25, 0.3) is 0 Å². The molecule has 0 amide bonds. The summed E-state index contributed by atoms with van der Waals surface area (Å²) < 4.78 is 5.49. The second kappa shape index (κ2) is 11.3. The Morgan fingerprint density at radius 1 is 1.35 bits per heavy atom. The maximum atomic E-state index is 9.79. The minimum atomic E-state index is -0.380. The molecule has 1 rings (SSSR count). The normalized spacial score (nSPS) is 17.3. The highest BCUT2D eigenvalue weighted by atomic mass is 16.5. The zero-order valence-corrected chi connectivity index (χ0v) is 13.4. The van der Waals surface area contributed by atoms with Gasteiger partial charge in [0, 0.05) is 13.2 Å². The van der Waals surface area contributed by atoms with Gasteiger partial charge >= 0.3 is 0 Å². The van der Waals surface area contributed by atoms with Crippen molar-refractivity contribution in [2.45, 2.75) is 64.9 Å². The van der Waals surface area contributed by atoms with Crippen LogP contribution in [0.2, 0.25) is 0 Å². The first-order chi connectivity index (χ1) is 9.68. The van der Waals surface area contributed by atoms with Crippen LogP contribution in [0.1, 0.15) is 58.8 Å². The summed E-state index contributed by atoms with van der Waals surface area (Å²) >= 11 is 0. The Morgan fingerprint density at radius 2 is 2.20 bits per heavy atom. The van der Waals surface area contributed by atoms with E-state index >= 15 is 0 Å². The molecule has 1 atom stereocenters. The maximum Gasteiger partial charge on any atom is 0.0897 e. The third-order valence-electron chi connectivity index (χ3n) is 3.77. The first-order valence-corrected chi connectivity index (χ1v) is 8.33. The maximum absolute atomic E-state index is 9.79. The summed E-state index contributed by atoms with van der Waals surface area (Å²) in [6.07, 6.45) is 10.6. The topological polar surface area (TPSA) is 41.5 Å². The highest BCUT2D eigenvalue weighted by Gasteiger charge is 2.06. The Labute approximate surface area is 124 Å². The molecule has 0 aromatic heterocycles. The number of aliphatic hydroxyl groups is 1. The monoisotopic (exact) mass is 283 g/mol. The smallest absolute Gasteiger partial charge is 0.0897 e. The SMILES string of the molecule is CC(C)CCCOCC(O)CNCCC1=CCCCC1. The van der Waals surface area contributed by atoms with Gasteiger partial charge in [0.15, 0.2) is 0 Å². The first kappa shape index (κ1) is 17.7. The minimum absolute atomic E-state index is 0.380. The fraction of sp³-hybridized carbons (Fsp3) is 0.882. The number of ether oxygens (including phenoxy) is 1. The molecule has 0 aliphatic heterocycles. The van der Waals surface area contributed by atoms with Gasteiger partial charge in [0.2, 0.25) is 0 Å². The van der Waals surface area contributed by atoms with Crippen molar-refractivity contribution in [3.8, 4) is 0 Å². The van der Waals surface area contributed by atoms with Gasteiger partial charge in [-0.15, -0.1) is 0 Å². The largest absolute Gasteiger partial charge is 0.389 e. The van der Waals surface area contributed by atoms with Gasteiger partial charge in [-0.1, -0.05) is 25.5 Å². The lowest BCUT2D eigenvalue weighted by Crippen LogP contribution is -2.31. The van der Waals surface area contributed by atoms with Crippen LogP contribution in [0, 0.1) is 5.92 Å². The molecule has 0 aromatic carbocycles. The summed E-state index contributed by atoms with van der Waals surface area (Å²) in [6.45, 7) is 7.27. The van der Waals surface area contributed by atoms with Crippen LogP contribution in [0.5, 0.6) is 0 Å². The second-order valence-corrected chi connectivity index (χ2v) is 6.33. The average Bonchev–Trinajstić information content (AvgIpc) is 2.44. The van der Waals surface area contributed by atoms with Crippen molar-refractivity contribution >= 4 is 0 Å². The Kier molecular flexibility index (Phi) is 9.98. The quantitative estimate of drug-likeness (QED) is 0.452. The Bertz CT molecular complexity index is 264. The average molecular weight is 283 g/mol. The molecule has 0 aromatic rings. The molecule has 1 unspecified atom stereocenters. The van der Waals surface area contributed by atoms with Crippen LogP contribution < -0.4 is 5.32 Å². The highest BCUT2D eigenvalue weighted by molar-refractivity contribution is 5.05. The molecule has 20 heavy (non-hydrogen) atoms. The molecule has 3 heteroatoms. The van der Waals surface area contributed by atoms with Crippen LogP contribution in [-0.2, 0) is 4.74 Å². The molecule has 0 radical (unpaired) electrons. The van der Waals surface area contributed by atoms with E-state index in [0.717, 1.165) is 31.9 Å². The van der Waals surface area contributed by atoms with E-state index in [9.17, 15) is 5.11 Å². The predicted octanol–water partition coefficient (Wildman–Crippen LogP) is 3.28. The molecule has 0 bridgehead atoms. The lowest BCUT2D eigenvalue weighted by molar-refractivity contribution is 0.0349. The van der Waals surface area contributed by atoms with E-state index in [1.807, 2.05) is 0 Å². The number of aliphatic hydroxyl groups excluding tert-OH is 1. The number of nitrogens with one attached hydrogen (secondary N) is 1. The molecule has 118 valence electrons. The van der Waals surface area contributed by atoms with Crippen molar-refractivity contribution in [1.29, 1.82) is 0 Å². The lowest BCUT2D eigenvalue weighted by atomic mass is 9.97. The molecular formula is C17H33NO2. The number of rotatable bonds is 11. The predicted molar refractivity (Wildman–Crippen MR) is 84.9 cm³/mol. The van der Waals surface area contributed by atoms with Gasteiger partial charge < -0.3 is 15.2 Å². The molecule has 1 aliphatic carbocycles. The van der Waals surface area contributed by atoms with Gasteiger partial charge in [0.05, 0.1) is 12.7 Å². The van der Waals surface area contributed by atoms with Gasteiger partial charge in [-0.05, 0) is 57.4 Å². The molecule has 0 saturated carbocycles. The molecule has 0 spiro atoms. The van der Waals surface area contributed by atoms with Gasteiger partial charge in [-0.25, -0.2) is 0 Å². The first-order valence-electron chi connectivity index (χ1n) is 8.33. The van der Waals surface area contributed by atoms with Gasteiger partial charge in [-0.3, -0.25) is 0 Å². The van der Waals surface area contributed by atoms with E-state index in [-0.39, 0.29) is 6.10 Å². The molecule has 2 N–H and O–H groups in total. The molecule has 3 nitrogen and oxygen atoms in total. The van der Waals surface area contributed by atoms with Crippen molar-refractivity contribution in [1.82, 2.24) is 5.32 Å². The van der Waals surface area contributed by atoms with E-state index in [1.54, 1.807) is 5.57 Å². The van der Waals surface area contributed by atoms with Crippen LogP contribution in [-0.4, -0.2) is 37.5 Å². The number of hydrogen-bond donors (Lipinski definition) is 2. The number of allylic oxidation sites excluding steroid dienone is 1. The standard InChI is InChI=1S/C17H33NO2/c1-15(2)7-6-12-20-14-17(19)13-18-11-10-16-8-4-3-5-9-16/h8,15,17-19H,3-7,9-14H2,1-2H3. The van der Waals surface area contributed by atoms with Gasteiger partial charge in [0.1, 0.15) is 0 Å². The van der Waals surface area contributed by atoms with Crippen molar-refractivity contribution in [2.75, 3.05) is 26.3 Å². The zero-order valence-electron chi connectivity index (χ0n) is 13.4. The fourth-order valence-corrected chi connectivity index (χ4v) is 2.52. The lowest BCUT2D eigenvalue weighted by Gasteiger charge is -2.15. The molecular weight excluding hydrogens is 250 g/mol. The van der Waals surface area contributed by atoms with E-state index in [1.165, 1.54) is 32.1 Å². The van der Waals surface area contributed by atoms with Crippen LogP contribution in [0.25, 0.3) is 0 Å². The third kappa shape index (κ3) is 9.51. The van der Waals surface area contributed by atoms with E-state index in [0.29, 0.717) is 13.2 Å². The van der Waals surface area contributed by atoms with Crippen LogP contribution >= 0.6 is 0 Å². The zero-order chi connectivity index (χ0) is 14.6. The van der Waals surface area contributed by atoms with Crippen LogP contribution in [0.4, 0.5) is 0 Å². The van der Waals surface area contributed by atoms with Crippen molar-refractivity contribution < 1.29 is 9.84 Å². The van der Waals surface area contributed by atoms with Crippen molar-refractivity contribution in [3.05, 3.63) is 11.6 Å². The van der Waals surface area contributed by atoms with Gasteiger partial charge in [-0.2, -0.15) is 0 Å². The highest BCUT2D eigenvalue weighted by Crippen LogP contribution is 2.19. The summed E-state index contributed by atoms with van der Waals surface area (Å²) in [5, 5.41) is 13.1. The minimum Gasteiger partial charge on any atom is -0.389 e. The number of hydrogen-bond acceptors (Lipinski definition) is 3. The van der Waals surface area contributed by atoms with Crippen molar-refractivity contribution in [2.24, 2.45) is 5.92 Å². The fourth-order valence-electron chi connectivity index (χ4n) is 2.52. The van der Waals surface area contributed by atoms with E-state index in [4.69, 9.17) is 4.74 Å². The van der Waals surface area contributed by atoms with Crippen LogP contribution in [0.3, 0.4) is 0 Å². The Balaban J connectivity index is 1.89. The van der Waals surface area contributed by atoms with E-state index in [2.05, 4.69) is 25.2 Å². The van der Waals surface area contributed by atoms with Crippen molar-refractivity contribution in [3.63, 3.8) is 0 Å².